The van der Waals surface area contributed by atoms with E-state index in [4.69, 9.17) is 0 Å². The first-order valence-corrected chi connectivity index (χ1v) is 8.00. The second-order valence-corrected chi connectivity index (χ2v) is 6.19. The molecule has 0 saturated heterocycles. The van der Waals surface area contributed by atoms with Gasteiger partial charge in [-0.3, -0.25) is 0 Å². The molecule has 0 saturated carbocycles. The first-order valence-electron chi connectivity index (χ1n) is 8.00. The minimum Gasteiger partial charge on any atom is -0.325 e. The Kier molecular flexibility index (Phi) is 6.09. The van der Waals surface area contributed by atoms with Gasteiger partial charge in [0.25, 0.3) is 11.2 Å². The Bertz CT molecular complexity index is 761. The minimum absolute atomic E-state index is 0.0729. The summed E-state index contributed by atoms with van der Waals surface area (Å²) in [5.74, 6) is 0. The fourth-order valence-corrected chi connectivity index (χ4v) is 2.90. The molecule has 0 fully saturated rings. The topological polar surface area (TPSA) is 9.23 Å². The summed E-state index contributed by atoms with van der Waals surface area (Å²) >= 11 is 0. The number of benzene rings is 2. The molecule has 0 unspecified atom stereocenters. The lowest BCUT2D eigenvalue weighted by Crippen LogP contribution is -2.66. The normalized spacial score (nSPS) is 14.6. The second kappa shape index (κ2) is 7.61. The SMILES string of the molecule is FC(F)(F)C(OC(c1ccccc1)(C(F)(F)F)C(F)(F)F)(c1ccccc1)C(F)(F)F. The Hall–Kier alpha value is -2.44. The first-order chi connectivity index (χ1) is 13.9. The third-order valence-electron chi connectivity index (χ3n) is 4.26. The summed E-state index contributed by atoms with van der Waals surface area (Å²) in [6.45, 7) is 0. The van der Waals surface area contributed by atoms with Gasteiger partial charge in [0, 0.05) is 11.1 Å². The number of ether oxygens (including phenoxy) is 1. The molecule has 31 heavy (non-hydrogen) atoms. The summed E-state index contributed by atoms with van der Waals surface area (Å²) in [5, 5.41) is 0. The van der Waals surface area contributed by atoms with Gasteiger partial charge >= 0.3 is 24.7 Å². The Morgan fingerprint density at radius 3 is 0.806 bits per heavy atom. The Morgan fingerprint density at radius 2 is 0.613 bits per heavy atom. The van der Waals surface area contributed by atoms with Crippen molar-refractivity contribution >= 4 is 0 Å². The number of hydrogen-bond acceptors (Lipinski definition) is 1. The monoisotopic (exact) mass is 470 g/mol. The van der Waals surface area contributed by atoms with Gasteiger partial charge < -0.3 is 4.74 Å². The zero-order chi connectivity index (χ0) is 23.9. The molecular weight excluding hydrogens is 460 g/mol. The highest BCUT2D eigenvalue weighted by Crippen LogP contribution is 2.62. The van der Waals surface area contributed by atoms with Crippen LogP contribution in [0.15, 0.2) is 60.7 Å². The summed E-state index contributed by atoms with van der Waals surface area (Å²) in [7, 11) is 0. The average molecular weight is 470 g/mol. The van der Waals surface area contributed by atoms with Crippen LogP contribution in [0.4, 0.5) is 52.7 Å². The quantitative estimate of drug-likeness (QED) is 0.436. The average Bonchev–Trinajstić information content (AvgIpc) is 2.59. The molecule has 0 N–H and O–H groups in total. The third-order valence-corrected chi connectivity index (χ3v) is 4.26. The summed E-state index contributed by atoms with van der Waals surface area (Å²) in [5.41, 5.74) is -16.0. The van der Waals surface area contributed by atoms with Crippen molar-refractivity contribution < 1.29 is 57.4 Å². The molecule has 0 heterocycles. The minimum atomic E-state index is -6.77. The van der Waals surface area contributed by atoms with E-state index >= 15 is 0 Å². The summed E-state index contributed by atoms with van der Waals surface area (Å²) in [6.07, 6.45) is -27.1. The van der Waals surface area contributed by atoms with E-state index in [0.717, 1.165) is 12.1 Å². The highest BCUT2D eigenvalue weighted by atomic mass is 19.4. The predicted molar refractivity (Wildman–Crippen MR) is 81.5 cm³/mol. The molecule has 1 nitrogen and oxygen atoms in total. The molecule has 0 aliphatic rings. The van der Waals surface area contributed by atoms with E-state index in [0.29, 0.717) is 24.3 Å². The van der Waals surface area contributed by atoms with Crippen LogP contribution in [0.25, 0.3) is 0 Å². The molecule has 2 aromatic rings. The second-order valence-electron chi connectivity index (χ2n) is 6.19. The van der Waals surface area contributed by atoms with Crippen molar-refractivity contribution in [3.05, 3.63) is 71.8 Å². The molecule has 0 spiro atoms. The van der Waals surface area contributed by atoms with E-state index in [1.807, 2.05) is 0 Å². The van der Waals surface area contributed by atoms with E-state index in [1.165, 1.54) is 0 Å². The van der Waals surface area contributed by atoms with Gasteiger partial charge in [-0.1, -0.05) is 60.7 Å². The van der Waals surface area contributed by atoms with Crippen LogP contribution in [0.1, 0.15) is 11.1 Å². The number of hydrogen-bond donors (Lipinski definition) is 0. The lowest BCUT2D eigenvalue weighted by molar-refractivity contribution is -0.480. The molecule has 0 aromatic heterocycles. The van der Waals surface area contributed by atoms with Crippen molar-refractivity contribution in [3.8, 4) is 0 Å². The molecule has 13 heteroatoms. The van der Waals surface area contributed by atoms with E-state index in [1.54, 1.807) is 0 Å². The molecule has 2 aromatic carbocycles. The molecule has 0 amide bonds. The first kappa shape index (κ1) is 24.8. The molecule has 172 valence electrons. The highest BCUT2D eigenvalue weighted by Gasteiger charge is 2.83. The van der Waals surface area contributed by atoms with E-state index in [-0.39, 0.29) is 24.3 Å². The van der Waals surface area contributed by atoms with Crippen molar-refractivity contribution in [2.75, 3.05) is 0 Å². The molecular formula is C18H10F12O. The lowest BCUT2D eigenvalue weighted by Gasteiger charge is -2.46. The van der Waals surface area contributed by atoms with Gasteiger partial charge in [-0.05, 0) is 0 Å². The van der Waals surface area contributed by atoms with Crippen molar-refractivity contribution in [3.63, 3.8) is 0 Å². The van der Waals surface area contributed by atoms with E-state index < -0.39 is 47.0 Å². The van der Waals surface area contributed by atoms with Crippen molar-refractivity contribution in [1.29, 1.82) is 0 Å². The standard InChI is InChI=1S/C18H10F12O/c19-15(20,21)13(16(22,23)24,11-7-3-1-4-8-11)31-14(17(25,26)27,18(28,29)30)12-9-5-2-6-10-12/h1-10H. The maximum atomic E-state index is 13.8. The number of halogens is 12. The molecule has 0 bridgehead atoms. The van der Waals surface area contributed by atoms with Gasteiger partial charge in [-0.25, -0.2) is 0 Å². The van der Waals surface area contributed by atoms with Crippen LogP contribution >= 0.6 is 0 Å². The third kappa shape index (κ3) is 3.94. The number of rotatable bonds is 4. The van der Waals surface area contributed by atoms with Crippen LogP contribution in [-0.4, -0.2) is 24.7 Å². The van der Waals surface area contributed by atoms with Crippen LogP contribution in [0.3, 0.4) is 0 Å². The Morgan fingerprint density at radius 1 is 0.387 bits per heavy atom. The molecule has 0 aliphatic carbocycles. The van der Waals surface area contributed by atoms with Gasteiger partial charge in [0.05, 0.1) is 0 Å². The van der Waals surface area contributed by atoms with Crippen LogP contribution in [0.5, 0.6) is 0 Å². The van der Waals surface area contributed by atoms with Crippen molar-refractivity contribution in [2.24, 2.45) is 0 Å². The van der Waals surface area contributed by atoms with Gasteiger partial charge in [0.1, 0.15) is 0 Å². The summed E-state index contributed by atoms with van der Waals surface area (Å²) < 4.78 is 169. The fourth-order valence-electron chi connectivity index (χ4n) is 2.90. The van der Waals surface area contributed by atoms with Gasteiger partial charge in [0.2, 0.25) is 0 Å². The Balaban J connectivity index is 3.04. The smallest absolute Gasteiger partial charge is 0.325 e. The van der Waals surface area contributed by atoms with Crippen LogP contribution in [0.2, 0.25) is 0 Å². The van der Waals surface area contributed by atoms with Gasteiger partial charge in [0.15, 0.2) is 0 Å². The zero-order valence-corrected chi connectivity index (χ0v) is 14.7. The van der Waals surface area contributed by atoms with Gasteiger partial charge in [-0.15, -0.1) is 0 Å². The van der Waals surface area contributed by atoms with Crippen molar-refractivity contribution in [2.45, 2.75) is 35.9 Å². The highest BCUT2D eigenvalue weighted by molar-refractivity contribution is 5.32. The van der Waals surface area contributed by atoms with Gasteiger partial charge in [-0.2, -0.15) is 52.7 Å². The molecule has 0 aliphatic heterocycles. The van der Waals surface area contributed by atoms with Crippen molar-refractivity contribution in [1.82, 2.24) is 0 Å². The molecule has 0 atom stereocenters. The lowest BCUT2D eigenvalue weighted by atomic mass is 9.86. The maximum Gasteiger partial charge on any atom is 0.430 e. The maximum absolute atomic E-state index is 13.8. The summed E-state index contributed by atoms with van der Waals surface area (Å²) in [4.78, 5) is 0. The van der Waals surface area contributed by atoms with Crippen LogP contribution < -0.4 is 0 Å². The predicted octanol–water partition coefficient (Wildman–Crippen LogP) is 7.04. The fraction of sp³-hybridized carbons (Fsp3) is 0.333. The molecule has 2 rings (SSSR count). The largest absolute Gasteiger partial charge is 0.430 e. The number of alkyl halides is 12. The van der Waals surface area contributed by atoms with Crippen LogP contribution in [-0.2, 0) is 15.9 Å². The van der Waals surface area contributed by atoms with E-state index in [2.05, 4.69) is 4.74 Å². The van der Waals surface area contributed by atoms with Crippen LogP contribution in [0, 0.1) is 0 Å². The van der Waals surface area contributed by atoms with E-state index in [9.17, 15) is 52.7 Å². The zero-order valence-electron chi connectivity index (χ0n) is 14.7. The molecule has 0 radical (unpaired) electrons. The summed E-state index contributed by atoms with van der Waals surface area (Å²) in [6, 6.07) is 4.44. The Labute approximate surface area is 166 Å².